The van der Waals surface area contributed by atoms with Gasteiger partial charge in [-0.15, -0.1) is 0 Å². The molecule has 1 aromatic rings. The van der Waals surface area contributed by atoms with Gasteiger partial charge in [0.25, 0.3) is 5.91 Å². The zero-order valence-corrected chi connectivity index (χ0v) is 14.6. The van der Waals surface area contributed by atoms with E-state index in [4.69, 9.17) is 9.47 Å². The van der Waals surface area contributed by atoms with Crippen molar-refractivity contribution in [3.63, 3.8) is 0 Å². The summed E-state index contributed by atoms with van der Waals surface area (Å²) in [4.78, 5) is 17.3. The Morgan fingerprint density at radius 3 is 2.50 bits per heavy atom. The van der Waals surface area contributed by atoms with Crippen LogP contribution in [0.15, 0.2) is 12.1 Å². The van der Waals surface area contributed by atoms with E-state index < -0.39 is 0 Å². The predicted octanol–water partition coefficient (Wildman–Crippen LogP) is 1.29. The number of rotatable bonds is 4. The quantitative estimate of drug-likeness (QED) is 0.899. The van der Waals surface area contributed by atoms with Gasteiger partial charge in [-0.05, 0) is 38.4 Å². The maximum Gasteiger partial charge on any atom is 0.254 e. The molecule has 2 saturated heterocycles. The lowest BCUT2D eigenvalue weighted by Gasteiger charge is -2.43. The van der Waals surface area contributed by atoms with Crippen LogP contribution < -0.4 is 9.47 Å². The van der Waals surface area contributed by atoms with Gasteiger partial charge in [0.1, 0.15) is 11.5 Å². The van der Waals surface area contributed by atoms with Crippen LogP contribution in [0.4, 0.5) is 0 Å². The maximum absolute atomic E-state index is 13.1. The Bertz CT molecular complexity index is 594. The minimum Gasteiger partial charge on any atom is -0.496 e. The molecule has 132 valence electrons. The van der Waals surface area contributed by atoms with E-state index in [2.05, 4.69) is 4.90 Å². The molecule has 1 amide bonds. The lowest BCUT2D eigenvalue weighted by Crippen LogP contribution is -2.59. The van der Waals surface area contributed by atoms with Gasteiger partial charge < -0.3 is 19.5 Å². The van der Waals surface area contributed by atoms with E-state index in [-0.39, 0.29) is 18.6 Å². The Morgan fingerprint density at radius 2 is 1.92 bits per heavy atom. The number of carbonyl (C=O) groups is 1. The predicted molar refractivity (Wildman–Crippen MR) is 90.8 cm³/mol. The Balaban J connectivity index is 1.89. The zero-order valence-electron chi connectivity index (χ0n) is 14.6. The molecule has 1 aromatic carbocycles. The first-order valence-corrected chi connectivity index (χ1v) is 8.47. The minimum absolute atomic E-state index is 0.0188. The third-order valence-electron chi connectivity index (χ3n) is 5.26. The fourth-order valence-corrected chi connectivity index (χ4v) is 3.87. The van der Waals surface area contributed by atoms with Gasteiger partial charge >= 0.3 is 0 Å². The molecular weight excluding hydrogens is 308 g/mol. The normalized spacial score (nSPS) is 23.9. The number of piperazine rings is 1. The van der Waals surface area contributed by atoms with Crippen molar-refractivity contribution in [2.45, 2.75) is 31.8 Å². The average Bonchev–Trinajstić information content (AvgIpc) is 3.07. The van der Waals surface area contributed by atoms with E-state index in [0.717, 1.165) is 31.5 Å². The second kappa shape index (κ2) is 6.99. The fraction of sp³-hybridized carbons (Fsp3) is 0.611. The van der Waals surface area contributed by atoms with E-state index >= 15 is 0 Å². The lowest BCUT2D eigenvalue weighted by molar-refractivity contribution is 0.0192. The summed E-state index contributed by atoms with van der Waals surface area (Å²) >= 11 is 0. The number of ether oxygens (including phenoxy) is 2. The molecular formula is C18H26N2O4. The topological polar surface area (TPSA) is 62.2 Å². The first-order valence-electron chi connectivity index (χ1n) is 8.47. The van der Waals surface area contributed by atoms with Crippen LogP contribution in [0.1, 0.15) is 28.8 Å². The summed E-state index contributed by atoms with van der Waals surface area (Å²) in [7, 11) is 3.17. The van der Waals surface area contributed by atoms with Gasteiger partial charge in [0.2, 0.25) is 0 Å². The van der Waals surface area contributed by atoms with Crippen molar-refractivity contribution < 1.29 is 19.4 Å². The number of amides is 1. The van der Waals surface area contributed by atoms with Crippen molar-refractivity contribution in [2.75, 3.05) is 40.5 Å². The highest BCUT2D eigenvalue weighted by Gasteiger charge is 2.38. The van der Waals surface area contributed by atoms with Gasteiger partial charge in [-0.2, -0.15) is 0 Å². The number of methoxy groups -OCH3 is 2. The summed E-state index contributed by atoms with van der Waals surface area (Å²) in [6.07, 6.45) is 2.28. The number of carbonyl (C=O) groups excluding carboxylic acids is 1. The Kier molecular flexibility index (Phi) is 4.96. The van der Waals surface area contributed by atoms with Crippen molar-refractivity contribution >= 4 is 5.91 Å². The van der Waals surface area contributed by atoms with Gasteiger partial charge in [0.05, 0.1) is 26.9 Å². The van der Waals surface area contributed by atoms with Crippen molar-refractivity contribution in [3.05, 3.63) is 23.3 Å². The second-order valence-electron chi connectivity index (χ2n) is 6.59. The third-order valence-corrected chi connectivity index (χ3v) is 5.26. The SMILES string of the molecule is COc1cc(C(=O)N2C[C@@H]3CCCN3C[C@@H]2CO)cc(OC)c1C. The van der Waals surface area contributed by atoms with Crippen LogP contribution in [0.25, 0.3) is 0 Å². The summed E-state index contributed by atoms with van der Waals surface area (Å²) in [5.41, 5.74) is 1.41. The van der Waals surface area contributed by atoms with E-state index in [9.17, 15) is 9.90 Å². The van der Waals surface area contributed by atoms with Crippen LogP contribution in [0, 0.1) is 6.92 Å². The first-order chi connectivity index (χ1) is 11.6. The third kappa shape index (κ3) is 2.96. The molecule has 2 fully saturated rings. The zero-order chi connectivity index (χ0) is 17.3. The van der Waals surface area contributed by atoms with Crippen LogP contribution in [0.5, 0.6) is 11.5 Å². The summed E-state index contributed by atoms with van der Waals surface area (Å²) < 4.78 is 10.8. The lowest BCUT2D eigenvalue weighted by atomic mass is 10.0. The van der Waals surface area contributed by atoms with Crippen LogP contribution in [0.2, 0.25) is 0 Å². The van der Waals surface area contributed by atoms with E-state index in [0.29, 0.717) is 29.6 Å². The van der Waals surface area contributed by atoms with Crippen LogP contribution in [-0.2, 0) is 0 Å². The van der Waals surface area contributed by atoms with Gasteiger partial charge in [0.15, 0.2) is 0 Å². The molecule has 0 radical (unpaired) electrons. The highest BCUT2D eigenvalue weighted by atomic mass is 16.5. The molecule has 0 spiro atoms. The van der Waals surface area contributed by atoms with Crippen LogP contribution >= 0.6 is 0 Å². The van der Waals surface area contributed by atoms with Crippen molar-refractivity contribution in [1.29, 1.82) is 0 Å². The van der Waals surface area contributed by atoms with Gasteiger partial charge in [0, 0.05) is 30.3 Å². The standard InChI is InChI=1S/C18H26N2O4/c1-12-16(23-2)7-13(8-17(12)24-3)18(22)20-10-14-5-4-6-19(14)9-15(20)11-21/h7-8,14-15,21H,4-6,9-11H2,1-3H3/t14-,15+/m0/s1. The smallest absolute Gasteiger partial charge is 0.254 e. The second-order valence-corrected chi connectivity index (χ2v) is 6.59. The number of hydrogen-bond acceptors (Lipinski definition) is 5. The number of benzene rings is 1. The molecule has 0 saturated carbocycles. The molecule has 6 nitrogen and oxygen atoms in total. The minimum atomic E-state index is -0.162. The molecule has 3 rings (SSSR count). The molecule has 2 aliphatic heterocycles. The maximum atomic E-state index is 13.1. The molecule has 2 atom stereocenters. The molecule has 2 heterocycles. The summed E-state index contributed by atoms with van der Waals surface area (Å²) in [5.74, 6) is 1.20. The summed E-state index contributed by atoms with van der Waals surface area (Å²) in [6, 6.07) is 3.77. The molecule has 0 aromatic heterocycles. The molecule has 6 heteroatoms. The number of fused-ring (bicyclic) bond motifs is 1. The number of hydrogen-bond donors (Lipinski definition) is 1. The average molecular weight is 334 g/mol. The highest BCUT2D eigenvalue weighted by Crippen LogP contribution is 2.31. The van der Waals surface area contributed by atoms with E-state index in [1.165, 1.54) is 0 Å². The summed E-state index contributed by atoms with van der Waals surface area (Å²) in [6.45, 7) is 4.36. The van der Waals surface area contributed by atoms with Gasteiger partial charge in [-0.3, -0.25) is 9.69 Å². The van der Waals surface area contributed by atoms with Gasteiger partial charge in [-0.25, -0.2) is 0 Å². The number of aliphatic hydroxyl groups is 1. The fourth-order valence-electron chi connectivity index (χ4n) is 3.87. The molecule has 0 unspecified atom stereocenters. The molecule has 24 heavy (non-hydrogen) atoms. The summed E-state index contributed by atoms with van der Waals surface area (Å²) in [5, 5.41) is 9.75. The molecule has 0 aliphatic carbocycles. The Morgan fingerprint density at radius 1 is 1.25 bits per heavy atom. The first kappa shape index (κ1) is 17.0. The molecule has 2 aliphatic rings. The Hall–Kier alpha value is -1.79. The van der Waals surface area contributed by atoms with Gasteiger partial charge in [-0.1, -0.05) is 0 Å². The molecule has 0 bridgehead atoms. The van der Waals surface area contributed by atoms with Crippen molar-refractivity contribution in [2.24, 2.45) is 0 Å². The highest BCUT2D eigenvalue weighted by molar-refractivity contribution is 5.95. The largest absolute Gasteiger partial charge is 0.496 e. The van der Waals surface area contributed by atoms with E-state index in [1.54, 1.807) is 26.4 Å². The Labute approximate surface area is 143 Å². The van der Waals surface area contributed by atoms with Crippen molar-refractivity contribution in [1.82, 2.24) is 9.80 Å². The number of nitrogens with zero attached hydrogens (tertiary/aromatic N) is 2. The van der Waals surface area contributed by atoms with Crippen LogP contribution in [-0.4, -0.2) is 73.4 Å². The molecule has 1 N–H and O–H groups in total. The monoisotopic (exact) mass is 334 g/mol. The number of aliphatic hydroxyl groups excluding tert-OH is 1. The van der Waals surface area contributed by atoms with Crippen LogP contribution in [0.3, 0.4) is 0 Å². The van der Waals surface area contributed by atoms with Crippen molar-refractivity contribution in [3.8, 4) is 11.5 Å². The van der Waals surface area contributed by atoms with E-state index in [1.807, 2.05) is 11.8 Å².